The molecular formula is C15H15N3S. The first-order valence-corrected chi connectivity index (χ1v) is 6.72. The largest absolute Gasteiger partial charge is 0.388 e. The molecule has 4 heteroatoms. The molecule has 0 aliphatic heterocycles. The van der Waals surface area contributed by atoms with Crippen LogP contribution in [0, 0.1) is 0 Å². The fourth-order valence-electron chi connectivity index (χ4n) is 2.52. The summed E-state index contributed by atoms with van der Waals surface area (Å²) in [5.74, 6) is 0. The molecule has 3 nitrogen and oxygen atoms in total. The quantitative estimate of drug-likeness (QED) is 0.840. The Hall–Kier alpha value is -1.94. The van der Waals surface area contributed by atoms with Gasteiger partial charge in [-0.15, -0.1) is 0 Å². The molecule has 2 aromatic rings. The fraction of sp³-hybridized carbons (Fsp3) is 0.200. The minimum atomic E-state index is 0.333. The zero-order chi connectivity index (χ0) is 13.2. The highest BCUT2D eigenvalue weighted by molar-refractivity contribution is 7.80. The van der Waals surface area contributed by atoms with E-state index in [2.05, 4.69) is 34.6 Å². The SMILES string of the molecule is NC(=S)c1ccc(NC2Cc3ccccc3C2)cn1. The van der Waals surface area contributed by atoms with Crippen molar-refractivity contribution in [2.24, 2.45) is 5.73 Å². The van der Waals surface area contributed by atoms with Crippen LogP contribution in [-0.4, -0.2) is 16.0 Å². The normalized spacial score (nSPS) is 14.1. The molecule has 0 saturated carbocycles. The van der Waals surface area contributed by atoms with Crippen LogP contribution in [0.2, 0.25) is 0 Å². The van der Waals surface area contributed by atoms with Crippen molar-refractivity contribution >= 4 is 22.9 Å². The van der Waals surface area contributed by atoms with Crippen LogP contribution in [0.1, 0.15) is 16.8 Å². The molecule has 0 fully saturated rings. The van der Waals surface area contributed by atoms with Gasteiger partial charge in [0, 0.05) is 6.04 Å². The van der Waals surface area contributed by atoms with Crippen molar-refractivity contribution in [3.05, 3.63) is 59.4 Å². The van der Waals surface area contributed by atoms with Crippen molar-refractivity contribution in [1.82, 2.24) is 4.98 Å². The monoisotopic (exact) mass is 269 g/mol. The predicted octanol–water partition coefficient (Wildman–Crippen LogP) is 2.30. The maximum absolute atomic E-state index is 5.53. The molecule has 0 atom stereocenters. The number of benzene rings is 1. The summed E-state index contributed by atoms with van der Waals surface area (Å²) in [5, 5.41) is 3.51. The van der Waals surface area contributed by atoms with Crippen LogP contribution < -0.4 is 11.1 Å². The zero-order valence-corrected chi connectivity index (χ0v) is 11.3. The molecule has 19 heavy (non-hydrogen) atoms. The number of thiocarbonyl (C=S) groups is 1. The summed E-state index contributed by atoms with van der Waals surface area (Å²) in [6.45, 7) is 0. The molecule has 1 aliphatic carbocycles. The minimum Gasteiger partial charge on any atom is -0.388 e. The molecule has 0 spiro atoms. The molecule has 1 aromatic carbocycles. The van der Waals surface area contributed by atoms with E-state index in [1.54, 1.807) is 6.20 Å². The van der Waals surface area contributed by atoms with Gasteiger partial charge in [0.05, 0.1) is 17.6 Å². The predicted molar refractivity (Wildman–Crippen MR) is 81.4 cm³/mol. The second kappa shape index (κ2) is 4.97. The van der Waals surface area contributed by atoms with Gasteiger partial charge in [-0.1, -0.05) is 36.5 Å². The van der Waals surface area contributed by atoms with Gasteiger partial charge in [0.15, 0.2) is 0 Å². The van der Waals surface area contributed by atoms with E-state index in [9.17, 15) is 0 Å². The maximum Gasteiger partial charge on any atom is 0.122 e. The molecule has 0 unspecified atom stereocenters. The lowest BCUT2D eigenvalue weighted by Crippen LogP contribution is -2.20. The van der Waals surface area contributed by atoms with E-state index in [4.69, 9.17) is 18.0 Å². The van der Waals surface area contributed by atoms with Crippen molar-refractivity contribution in [3.63, 3.8) is 0 Å². The van der Waals surface area contributed by atoms with E-state index >= 15 is 0 Å². The third kappa shape index (κ3) is 2.58. The first kappa shape index (κ1) is 12.1. The average Bonchev–Trinajstić information content (AvgIpc) is 2.81. The summed E-state index contributed by atoms with van der Waals surface area (Å²) < 4.78 is 0. The number of nitrogens with zero attached hydrogens (tertiary/aromatic N) is 1. The number of nitrogens with one attached hydrogen (secondary N) is 1. The summed E-state index contributed by atoms with van der Waals surface area (Å²) in [6, 6.07) is 12.9. The van der Waals surface area contributed by atoms with E-state index < -0.39 is 0 Å². The van der Waals surface area contributed by atoms with E-state index in [0.29, 0.717) is 16.7 Å². The lowest BCUT2D eigenvalue weighted by molar-refractivity contribution is 0.773. The number of pyridine rings is 1. The van der Waals surface area contributed by atoms with Gasteiger partial charge in [0.25, 0.3) is 0 Å². The van der Waals surface area contributed by atoms with E-state index in [1.165, 1.54) is 11.1 Å². The Morgan fingerprint density at radius 3 is 2.37 bits per heavy atom. The smallest absolute Gasteiger partial charge is 0.122 e. The number of anilines is 1. The summed E-state index contributed by atoms with van der Waals surface area (Å²) >= 11 is 4.89. The van der Waals surface area contributed by atoms with Gasteiger partial charge < -0.3 is 11.1 Å². The Morgan fingerprint density at radius 2 is 1.84 bits per heavy atom. The topological polar surface area (TPSA) is 50.9 Å². The van der Waals surface area contributed by atoms with Gasteiger partial charge in [-0.25, -0.2) is 0 Å². The van der Waals surface area contributed by atoms with Crippen LogP contribution in [-0.2, 0) is 12.8 Å². The zero-order valence-electron chi connectivity index (χ0n) is 10.5. The molecular weight excluding hydrogens is 254 g/mol. The molecule has 0 amide bonds. The summed E-state index contributed by atoms with van der Waals surface area (Å²) in [7, 11) is 0. The van der Waals surface area contributed by atoms with Crippen molar-refractivity contribution in [2.75, 3.05) is 5.32 Å². The second-order valence-corrected chi connectivity index (χ2v) is 5.25. The van der Waals surface area contributed by atoms with Gasteiger partial charge >= 0.3 is 0 Å². The van der Waals surface area contributed by atoms with Crippen LogP contribution in [0.25, 0.3) is 0 Å². The van der Waals surface area contributed by atoms with Crippen LogP contribution in [0.4, 0.5) is 5.69 Å². The molecule has 0 bridgehead atoms. The van der Waals surface area contributed by atoms with Gasteiger partial charge in [-0.2, -0.15) is 0 Å². The van der Waals surface area contributed by atoms with E-state index in [1.807, 2.05) is 12.1 Å². The second-order valence-electron chi connectivity index (χ2n) is 4.81. The highest BCUT2D eigenvalue weighted by Crippen LogP contribution is 2.24. The van der Waals surface area contributed by atoms with Crippen LogP contribution in [0.15, 0.2) is 42.6 Å². The van der Waals surface area contributed by atoms with E-state index in [-0.39, 0.29) is 0 Å². The van der Waals surface area contributed by atoms with Crippen molar-refractivity contribution in [2.45, 2.75) is 18.9 Å². The van der Waals surface area contributed by atoms with Crippen LogP contribution in [0.5, 0.6) is 0 Å². The Kier molecular flexibility index (Phi) is 3.17. The highest BCUT2D eigenvalue weighted by atomic mass is 32.1. The standard InChI is InChI=1S/C15H15N3S/c16-15(19)14-6-5-12(9-17-14)18-13-7-10-3-1-2-4-11(10)8-13/h1-6,9,13,18H,7-8H2,(H2,16,19). The molecule has 96 valence electrons. The molecule has 0 saturated heterocycles. The van der Waals surface area contributed by atoms with Crippen molar-refractivity contribution < 1.29 is 0 Å². The molecule has 3 N–H and O–H groups in total. The minimum absolute atomic E-state index is 0.333. The number of aromatic nitrogens is 1. The highest BCUT2D eigenvalue weighted by Gasteiger charge is 2.20. The summed E-state index contributed by atoms with van der Waals surface area (Å²) in [4.78, 5) is 4.57. The Labute approximate surface area is 117 Å². The molecule has 0 radical (unpaired) electrons. The Morgan fingerprint density at radius 1 is 1.16 bits per heavy atom. The van der Waals surface area contributed by atoms with Crippen molar-refractivity contribution in [3.8, 4) is 0 Å². The molecule has 1 aromatic heterocycles. The first-order valence-electron chi connectivity index (χ1n) is 6.31. The number of fused-ring (bicyclic) bond motifs is 1. The lowest BCUT2D eigenvalue weighted by atomic mass is 10.1. The molecule has 3 rings (SSSR count). The van der Waals surface area contributed by atoms with Crippen molar-refractivity contribution in [1.29, 1.82) is 0 Å². The number of hydrogen-bond acceptors (Lipinski definition) is 3. The Balaban J connectivity index is 1.69. The third-order valence-electron chi connectivity index (χ3n) is 3.44. The van der Waals surface area contributed by atoms with Gasteiger partial charge in [-0.05, 0) is 36.1 Å². The number of hydrogen-bond donors (Lipinski definition) is 2. The Bertz CT molecular complexity index is 582. The average molecular weight is 269 g/mol. The fourth-order valence-corrected chi connectivity index (χ4v) is 2.64. The van der Waals surface area contributed by atoms with Gasteiger partial charge in [0.2, 0.25) is 0 Å². The van der Waals surface area contributed by atoms with Gasteiger partial charge in [0.1, 0.15) is 4.99 Å². The first-order chi connectivity index (χ1) is 9.22. The third-order valence-corrected chi connectivity index (χ3v) is 3.65. The number of nitrogens with two attached hydrogens (primary N) is 1. The maximum atomic E-state index is 5.53. The van der Waals surface area contributed by atoms with Crippen LogP contribution in [0.3, 0.4) is 0 Å². The summed E-state index contributed by atoms with van der Waals surface area (Å²) in [5.41, 5.74) is 10.1. The molecule has 1 aliphatic rings. The van der Waals surface area contributed by atoms with Gasteiger partial charge in [-0.3, -0.25) is 4.98 Å². The molecule has 1 heterocycles. The van der Waals surface area contributed by atoms with Crippen LogP contribution >= 0.6 is 12.2 Å². The summed E-state index contributed by atoms with van der Waals surface area (Å²) in [6.07, 6.45) is 3.91. The van der Waals surface area contributed by atoms with E-state index in [0.717, 1.165) is 18.5 Å². The number of rotatable bonds is 3. The lowest BCUT2D eigenvalue weighted by Gasteiger charge is -2.13.